The van der Waals surface area contributed by atoms with E-state index in [2.05, 4.69) is 4.99 Å². The zero-order valence-corrected chi connectivity index (χ0v) is 16.4. The molecule has 0 spiro atoms. The van der Waals surface area contributed by atoms with Gasteiger partial charge in [0.2, 0.25) is 0 Å². The average molecular weight is 415 g/mol. The molecule has 0 saturated carbocycles. The SMILES string of the molecule is Cc1ccc(N2CN=c3s/c(=C\c4ccc([N+](=O)[O-])cc4)c(=O)n3C2)cc1Cl. The predicted molar refractivity (Wildman–Crippen MR) is 110 cm³/mol. The minimum atomic E-state index is -0.451. The topological polar surface area (TPSA) is 80.7 Å². The maximum absolute atomic E-state index is 12.8. The van der Waals surface area contributed by atoms with Gasteiger partial charge in [0.1, 0.15) is 13.3 Å². The van der Waals surface area contributed by atoms with E-state index in [0.717, 1.165) is 16.8 Å². The molecule has 142 valence electrons. The molecule has 28 heavy (non-hydrogen) atoms. The number of anilines is 1. The molecule has 0 bridgehead atoms. The third-order valence-corrected chi connectivity index (χ3v) is 5.95. The van der Waals surface area contributed by atoms with Crippen molar-refractivity contribution in [1.29, 1.82) is 0 Å². The summed E-state index contributed by atoms with van der Waals surface area (Å²) in [5.74, 6) is 0. The Labute approximate surface area is 168 Å². The molecule has 0 amide bonds. The van der Waals surface area contributed by atoms with E-state index >= 15 is 0 Å². The number of hydrogen-bond acceptors (Lipinski definition) is 6. The molecular formula is C19H15ClN4O3S. The van der Waals surface area contributed by atoms with Gasteiger partial charge in [-0.05, 0) is 48.4 Å². The molecule has 0 radical (unpaired) electrons. The Kier molecular flexibility index (Phi) is 4.74. The number of aryl methyl sites for hydroxylation is 1. The maximum atomic E-state index is 12.8. The summed E-state index contributed by atoms with van der Waals surface area (Å²) >= 11 is 7.53. The summed E-state index contributed by atoms with van der Waals surface area (Å²) in [5, 5.41) is 11.4. The van der Waals surface area contributed by atoms with Crippen LogP contribution in [0, 0.1) is 17.0 Å². The second kappa shape index (κ2) is 7.21. The van der Waals surface area contributed by atoms with E-state index in [1.54, 1.807) is 22.8 Å². The minimum absolute atomic E-state index is 0.0155. The lowest BCUT2D eigenvalue weighted by molar-refractivity contribution is -0.384. The highest BCUT2D eigenvalue weighted by Crippen LogP contribution is 2.23. The van der Waals surface area contributed by atoms with Gasteiger partial charge in [0, 0.05) is 22.8 Å². The molecule has 3 aromatic rings. The first-order chi connectivity index (χ1) is 13.4. The van der Waals surface area contributed by atoms with Crippen LogP contribution in [0.15, 0.2) is 52.3 Å². The Bertz CT molecular complexity index is 1250. The molecule has 2 heterocycles. The highest BCUT2D eigenvalue weighted by atomic mass is 35.5. The number of hydrogen-bond donors (Lipinski definition) is 0. The van der Waals surface area contributed by atoms with Gasteiger partial charge in [-0.25, -0.2) is 4.99 Å². The van der Waals surface area contributed by atoms with Crippen LogP contribution in [0.25, 0.3) is 6.08 Å². The molecule has 0 atom stereocenters. The third kappa shape index (κ3) is 3.44. The fourth-order valence-electron chi connectivity index (χ4n) is 2.90. The van der Waals surface area contributed by atoms with Crippen molar-refractivity contribution in [3.8, 4) is 0 Å². The van der Waals surface area contributed by atoms with Crippen LogP contribution in [0.4, 0.5) is 11.4 Å². The number of aromatic nitrogens is 1. The van der Waals surface area contributed by atoms with Gasteiger partial charge in [0.15, 0.2) is 4.80 Å². The molecule has 1 aromatic heterocycles. The number of nitro benzene ring substituents is 1. The number of nitro groups is 1. The summed E-state index contributed by atoms with van der Waals surface area (Å²) in [5.41, 5.74) is 2.51. The van der Waals surface area contributed by atoms with Gasteiger partial charge in [-0.15, -0.1) is 0 Å². The van der Waals surface area contributed by atoms with E-state index in [0.29, 0.717) is 27.7 Å². The third-order valence-electron chi connectivity index (χ3n) is 4.50. The number of non-ortho nitro benzene ring substituents is 1. The van der Waals surface area contributed by atoms with Crippen LogP contribution in [0.1, 0.15) is 11.1 Å². The first-order valence-corrected chi connectivity index (χ1v) is 9.63. The van der Waals surface area contributed by atoms with E-state index in [9.17, 15) is 14.9 Å². The smallest absolute Gasteiger partial charge is 0.271 e. The van der Waals surface area contributed by atoms with Gasteiger partial charge in [0.25, 0.3) is 11.2 Å². The van der Waals surface area contributed by atoms with E-state index in [1.165, 1.54) is 23.5 Å². The molecule has 2 aromatic carbocycles. The minimum Gasteiger partial charge on any atom is -0.334 e. The number of fused-ring (bicyclic) bond motifs is 1. The normalized spacial score (nSPS) is 13.9. The summed E-state index contributed by atoms with van der Waals surface area (Å²) in [4.78, 5) is 30.3. The lowest BCUT2D eigenvalue weighted by Gasteiger charge is -2.26. The highest BCUT2D eigenvalue weighted by Gasteiger charge is 2.16. The monoisotopic (exact) mass is 414 g/mol. The molecule has 0 unspecified atom stereocenters. The molecule has 1 aliphatic heterocycles. The van der Waals surface area contributed by atoms with E-state index in [-0.39, 0.29) is 11.2 Å². The van der Waals surface area contributed by atoms with Gasteiger partial charge in [-0.3, -0.25) is 19.5 Å². The standard InChI is InChI=1S/C19H15ClN4O3S/c1-12-2-5-15(9-16(12)20)22-10-21-19-23(11-22)18(25)17(28-19)8-13-3-6-14(7-4-13)24(26)27/h2-9H,10-11H2,1H3/b17-8-. The summed E-state index contributed by atoms with van der Waals surface area (Å²) in [6.07, 6.45) is 1.73. The summed E-state index contributed by atoms with van der Waals surface area (Å²) in [7, 11) is 0. The van der Waals surface area contributed by atoms with Crippen LogP contribution in [-0.2, 0) is 6.67 Å². The molecule has 0 fully saturated rings. The predicted octanol–water partition coefficient (Wildman–Crippen LogP) is 2.66. The molecule has 0 N–H and O–H groups in total. The Morgan fingerprint density at radius 3 is 2.68 bits per heavy atom. The summed E-state index contributed by atoms with van der Waals surface area (Å²) in [6, 6.07) is 11.9. The van der Waals surface area contributed by atoms with E-state index in [4.69, 9.17) is 11.6 Å². The lowest BCUT2D eigenvalue weighted by Crippen LogP contribution is -2.42. The van der Waals surface area contributed by atoms with Crippen molar-refractivity contribution < 1.29 is 4.92 Å². The fourth-order valence-corrected chi connectivity index (χ4v) is 4.03. The molecule has 1 aliphatic rings. The first-order valence-electron chi connectivity index (χ1n) is 8.44. The molecular weight excluding hydrogens is 400 g/mol. The van der Waals surface area contributed by atoms with Crippen molar-refractivity contribution >= 4 is 40.4 Å². The Morgan fingerprint density at radius 2 is 2.00 bits per heavy atom. The number of nitrogens with zero attached hydrogens (tertiary/aromatic N) is 4. The van der Waals surface area contributed by atoms with E-state index < -0.39 is 4.92 Å². The van der Waals surface area contributed by atoms with Gasteiger partial charge < -0.3 is 4.90 Å². The van der Waals surface area contributed by atoms with Crippen molar-refractivity contribution in [2.75, 3.05) is 11.6 Å². The van der Waals surface area contributed by atoms with Gasteiger partial charge >= 0.3 is 0 Å². The van der Waals surface area contributed by atoms with Crippen molar-refractivity contribution in [3.05, 3.63) is 88.4 Å². The molecule has 9 heteroatoms. The maximum Gasteiger partial charge on any atom is 0.271 e. The number of thiazole rings is 1. The Hall–Kier alpha value is -2.97. The second-order valence-electron chi connectivity index (χ2n) is 6.39. The van der Waals surface area contributed by atoms with Crippen LogP contribution < -0.4 is 19.8 Å². The van der Waals surface area contributed by atoms with Gasteiger partial charge in [0.05, 0.1) is 9.46 Å². The van der Waals surface area contributed by atoms with Gasteiger partial charge in [-0.2, -0.15) is 0 Å². The average Bonchev–Trinajstić information content (AvgIpc) is 2.99. The number of benzene rings is 2. The van der Waals surface area contributed by atoms with Crippen molar-refractivity contribution in [2.45, 2.75) is 13.6 Å². The van der Waals surface area contributed by atoms with E-state index in [1.807, 2.05) is 30.0 Å². The zero-order chi connectivity index (χ0) is 19.8. The van der Waals surface area contributed by atoms with Crippen molar-refractivity contribution in [1.82, 2.24) is 4.57 Å². The van der Waals surface area contributed by atoms with Crippen LogP contribution in [0.3, 0.4) is 0 Å². The molecule has 4 rings (SSSR count). The van der Waals surface area contributed by atoms with Crippen LogP contribution >= 0.6 is 22.9 Å². The van der Waals surface area contributed by atoms with Crippen LogP contribution in [0.5, 0.6) is 0 Å². The Balaban J connectivity index is 1.67. The zero-order valence-electron chi connectivity index (χ0n) is 14.8. The lowest BCUT2D eigenvalue weighted by atomic mass is 10.2. The molecule has 7 nitrogen and oxygen atoms in total. The Morgan fingerprint density at radius 1 is 1.25 bits per heavy atom. The number of rotatable bonds is 3. The molecule has 0 saturated heterocycles. The first kappa shape index (κ1) is 18.4. The van der Waals surface area contributed by atoms with Crippen molar-refractivity contribution in [3.63, 3.8) is 0 Å². The van der Waals surface area contributed by atoms with Crippen LogP contribution in [0.2, 0.25) is 5.02 Å². The van der Waals surface area contributed by atoms with Crippen LogP contribution in [-0.4, -0.2) is 16.2 Å². The quantitative estimate of drug-likeness (QED) is 0.487. The van der Waals surface area contributed by atoms with Gasteiger partial charge in [-0.1, -0.05) is 29.0 Å². The summed E-state index contributed by atoms with van der Waals surface area (Å²) < 4.78 is 2.16. The fraction of sp³-hybridized carbons (Fsp3) is 0.158. The number of halogens is 1. The molecule has 0 aliphatic carbocycles. The largest absolute Gasteiger partial charge is 0.334 e. The summed E-state index contributed by atoms with van der Waals surface area (Å²) in [6.45, 7) is 2.77. The highest BCUT2D eigenvalue weighted by molar-refractivity contribution is 7.07. The van der Waals surface area contributed by atoms with Crippen molar-refractivity contribution in [2.24, 2.45) is 4.99 Å². The second-order valence-corrected chi connectivity index (χ2v) is 7.81.